The summed E-state index contributed by atoms with van der Waals surface area (Å²) >= 11 is 5.71. The molecule has 3 atom stereocenters. The van der Waals surface area contributed by atoms with Crippen molar-refractivity contribution in [3.8, 4) is 0 Å². The number of nitrogens with one attached hydrogen (secondary N) is 1. The van der Waals surface area contributed by atoms with E-state index in [4.69, 9.17) is 16.3 Å². The van der Waals surface area contributed by atoms with Gasteiger partial charge in [0.2, 0.25) is 11.4 Å². The van der Waals surface area contributed by atoms with E-state index in [2.05, 4.69) is 5.32 Å². The summed E-state index contributed by atoms with van der Waals surface area (Å²) in [7, 11) is 0. The van der Waals surface area contributed by atoms with Gasteiger partial charge in [-0.2, -0.15) is 0 Å². The number of halogens is 1. The molecule has 118 valence electrons. The Balaban J connectivity index is 2.00. The molecule has 1 aliphatic carbocycles. The highest BCUT2D eigenvalue weighted by Gasteiger charge is 2.79. The molecule has 22 heavy (non-hydrogen) atoms. The van der Waals surface area contributed by atoms with Crippen LogP contribution in [0.5, 0.6) is 0 Å². The number of allylic oxidation sites excluding steroid dienone is 1. The minimum absolute atomic E-state index is 0.137. The van der Waals surface area contributed by atoms with Crippen molar-refractivity contribution in [2.75, 3.05) is 5.88 Å². The highest BCUT2D eigenvalue weighted by Crippen LogP contribution is 2.51. The van der Waals surface area contributed by atoms with Crippen LogP contribution in [-0.4, -0.2) is 40.5 Å². The maximum atomic E-state index is 12.9. The zero-order valence-corrected chi connectivity index (χ0v) is 12.9. The summed E-state index contributed by atoms with van der Waals surface area (Å²) in [5.74, 6) is -2.27. The van der Waals surface area contributed by atoms with Gasteiger partial charge in [-0.15, -0.1) is 11.6 Å². The number of hydrogen-bond donors (Lipinski definition) is 1. The van der Waals surface area contributed by atoms with E-state index >= 15 is 0 Å². The standard InChI is InChI=1S/C15H16ClNO5/c1-14-10(5-6-16)12(20)17-15(14,13(21)22-14)11(19)8-3-2-4-9(18)7-8/h7,10H,2-6H2,1H3,(H,17,20)/t10-,14-,15-/m0/s1. The molecule has 3 rings (SSSR count). The van der Waals surface area contributed by atoms with E-state index in [1.54, 1.807) is 6.92 Å². The van der Waals surface area contributed by atoms with Crippen LogP contribution in [0.3, 0.4) is 0 Å². The minimum atomic E-state index is -1.70. The highest BCUT2D eigenvalue weighted by molar-refractivity contribution is 6.25. The predicted octanol–water partition coefficient (Wildman–Crippen LogP) is 0.664. The fourth-order valence-electron chi connectivity index (χ4n) is 3.63. The van der Waals surface area contributed by atoms with Crippen LogP contribution < -0.4 is 5.32 Å². The Morgan fingerprint density at radius 1 is 1.41 bits per heavy atom. The second kappa shape index (κ2) is 4.91. The van der Waals surface area contributed by atoms with Gasteiger partial charge in [-0.1, -0.05) is 0 Å². The van der Waals surface area contributed by atoms with Gasteiger partial charge in [-0.3, -0.25) is 14.4 Å². The Kier molecular flexibility index (Phi) is 3.40. The molecule has 0 aromatic heterocycles. The fraction of sp³-hybridized carbons (Fsp3) is 0.600. The SMILES string of the molecule is C[C@@]12OC(=O)[C@]1(C(=O)C1=CC(=O)CCC1)NC(=O)[C@@H]2CCCl. The summed E-state index contributed by atoms with van der Waals surface area (Å²) in [5, 5.41) is 2.53. The smallest absolute Gasteiger partial charge is 0.345 e. The zero-order valence-electron chi connectivity index (χ0n) is 12.1. The highest BCUT2D eigenvalue weighted by atomic mass is 35.5. The third kappa shape index (κ3) is 1.73. The number of alkyl halides is 1. The monoisotopic (exact) mass is 325 g/mol. The molecule has 0 unspecified atom stereocenters. The molecule has 1 N–H and O–H groups in total. The number of fused-ring (bicyclic) bond motifs is 1. The Morgan fingerprint density at radius 2 is 2.14 bits per heavy atom. The molecule has 0 saturated carbocycles. The lowest BCUT2D eigenvalue weighted by molar-refractivity contribution is -0.216. The van der Waals surface area contributed by atoms with Crippen molar-refractivity contribution in [1.29, 1.82) is 0 Å². The Bertz CT molecular complexity index is 627. The van der Waals surface area contributed by atoms with Gasteiger partial charge < -0.3 is 10.1 Å². The van der Waals surface area contributed by atoms with Crippen LogP contribution in [-0.2, 0) is 23.9 Å². The van der Waals surface area contributed by atoms with E-state index in [1.165, 1.54) is 6.08 Å². The Morgan fingerprint density at radius 3 is 2.73 bits per heavy atom. The van der Waals surface area contributed by atoms with Gasteiger partial charge in [0.25, 0.3) is 0 Å². The van der Waals surface area contributed by atoms with Gasteiger partial charge in [-0.05, 0) is 32.3 Å². The number of carbonyl (C=O) groups is 4. The van der Waals surface area contributed by atoms with Crippen LogP contribution in [0, 0.1) is 5.92 Å². The van der Waals surface area contributed by atoms with Gasteiger partial charge in [0.1, 0.15) is 0 Å². The van der Waals surface area contributed by atoms with Crippen molar-refractivity contribution in [3.63, 3.8) is 0 Å². The minimum Gasteiger partial charge on any atom is -0.453 e. The van der Waals surface area contributed by atoms with Crippen LogP contribution in [0.4, 0.5) is 0 Å². The molecule has 0 bridgehead atoms. The zero-order chi connectivity index (χ0) is 16.1. The average Bonchev–Trinajstić information content (AvgIpc) is 2.65. The summed E-state index contributed by atoms with van der Waals surface area (Å²) in [6, 6.07) is 0. The molecule has 2 saturated heterocycles. The van der Waals surface area contributed by atoms with E-state index in [0.717, 1.165) is 0 Å². The molecule has 2 heterocycles. The fourth-order valence-corrected chi connectivity index (χ4v) is 3.85. The lowest BCUT2D eigenvalue weighted by Gasteiger charge is -2.50. The van der Waals surface area contributed by atoms with E-state index in [-0.39, 0.29) is 17.2 Å². The number of rotatable bonds is 4. The van der Waals surface area contributed by atoms with Gasteiger partial charge in [-0.25, -0.2) is 4.79 Å². The topological polar surface area (TPSA) is 89.5 Å². The maximum absolute atomic E-state index is 12.9. The van der Waals surface area contributed by atoms with E-state index in [1.807, 2.05) is 0 Å². The largest absolute Gasteiger partial charge is 0.453 e. The quantitative estimate of drug-likeness (QED) is 0.466. The molecule has 2 aliphatic heterocycles. The second-order valence-corrected chi connectivity index (χ2v) is 6.46. The van der Waals surface area contributed by atoms with Gasteiger partial charge in [0.05, 0.1) is 5.92 Å². The molecule has 7 heteroatoms. The molecule has 3 aliphatic rings. The number of hydrogen-bond acceptors (Lipinski definition) is 5. The first-order valence-electron chi connectivity index (χ1n) is 7.26. The number of carbonyl (C=O) groups excluding carboxylic acids is 4. The summed E-state index contributed by atoms with van der Waals surface area (Å²) in [4.78, 5) is 48.7. The van der Waals surface area contributed by atoms with E-state index in [0.29, 0.717) is 25.7 Å². The van der Waals surface area contributed by atoms with Crippen molar-refractivity contribution in [2.24, 2.45) is 5.92 Å². The Labute approximate surface area is 132 Å². The van der Waals surface area contributed by atoms with Crippen molar-refractivity contribution < 1.29 is 23.9 Å². The molecule has 2 fully saturated rings. The number of esters is 1. The lowest BCUT2D eigenvalue weighted by atomic mass is 9.66. The number of ketones is 2. The Hall–Kier alpha value is -1.69. The van der Waals surface area contributed by atoms with Crippen LogP contribution in [0.15, 0.2) is 11.6 Å². The molecular weight excluding hydrogens is 310 g/mol. The summed E-state index contributed by atoms with van der Waals surface area (Å²) in [5.41, 5.74) is -2.66. The molecule has 1 amide bonds. The first kappa shape index (κ1) is 15.2. The first-order valence-corrected chi connectivity index (χ1v) is 7.80. The van der Waals surface area contributed by atoms with Crippen molar-refractivity contribution >= 4 is 35.0 Å². The van der Waals surface area contributed by atoms with Gasteiger partial charge in [0.15, 0.2) is 17.2 Å². The number of ether oxygens (including phenoxy) is 1. The maximum Gasteiger partial charge on any atom is 0.345 e. The summed E-state index contributed by atoms with van der Waals surface area (Å²) < 4.78 is 5.21. The lowest BCUT2D eigenvalue weighted by Crippen LogP contribution is -2.78. The average molecular weight is 326 g/mol. The van der Waals surface area contributed by atoms with Crippen molar-refractivity contribution in [1.82, 2.24) is 5.32 Å². The molecule has 0 aromatic carbocycles. The third-order valence-electron chi connectivity index (χ3n) is 4.88. The molecule has 0 radical (unpaired) electrons. The van der Waals surface area contributed by atoms with E-state index < -0.39 is 34.7 Å². The molecule has 0 spiro atoms. The molecule has 6 nitrogen and oxygen atoms in total. The number of Topliss-reactive ketones (excluding diaryl/α,β-unsaturated/α-hetero) is 1. The molecule has 0 aromatic rings. The van der Waals surface area contributed by atoms with Gasteiger partial charge >= 0.3 is 5.97 Å². The van der Waals surface area contributed by atoms with Crippen molar-refractivity contribution in [3.05, 3.63) is 11.6 Å². The second-order valence-electron chi connectivity index (χ2n) is 6.08. The normalized spacial score (nSPS) is 36.9. The predicted molar refractivity (Wildman–Crippen MR) is 76.1 cm³/mol. The van der Waals surface area contributed by atoms with Crippen LogP contribution in [0.1, 0.15) is 32.6 Å². The van der Waals surface area contributed by atoms with Crippen LogP contribution in [0.25, 0.3) is 0 Å². The first-order chi connectivity index (χ1) is 10.4. The van der Waals surface area contributed by atoms with Crippen LogP contribution >= 0.6 is 11.6 Å². The summed E-state index contributed by atoms with van der Waals surface area (Å²) in [6.07, 6.45) is 2.98. The van der Waals surface area contributed by atoms with Crippen LogP contribution in [0.2, 0.25) is 0 Å². The van der Waals surface area contributed by atoms with Crippen molar-refractivity contribution in [2.45, 2.75) is 43.7 Å². The molecular formula is C15H16ClNO5. The third-order valence-corrected chi connectivity index (χ3v) is 5.10. The number of amides is 1. The summed E-state index contributed by atoms with van der Waals surface area (Å²) in [6.45, 7) is 1.58. The van der Waals surface area contributed by atoms with Gasteiger partial charge in [0, 0.05) is 17.9 Å². The van der Waals surface area contributed by atoms with E-state index in [9.17, 15) is 19.2 Å².